The third-order valence-corrected chi connectivity index (χ3v) is 2.56. The normalized spacial score (nSPS) is 9.56. The van der Waals surface area contributed by atoms with Crippen molar-refractivity contribution in [2.45, 2.75) is 5.33 Å². The summed E-state index contributed by atoms with van der Waals surface area (Å²) in [6.45, 7) is 0. The largest absolute Gasteiger partial charge is 0.477 e. The molecule has 0 saturated heterocycles. The van der Waals surface area contributed by atoms with Gasteiger partial charge in [-0.15, -0.1) is 0 Å². The summed E-state index contributed by atoms with van der Waals surface area (Å²) in [5, 5.41) is 17.9. The zero-order chi connectivity index (χ0) is 12.1. The molecule has 0 unspecified atom stereocenters. The van der Waals surface area contributed by atoms with E-state index in [4.69, 9.17) is 10.2 Å². The Morgan fingerprint density at radius 2 is 1.75 bits per heavy atom. The molecule has 0 fully saturated rings. The molecule has 0 saturated carbocycles. The molecule has 0 atom stereocenters. The minimum Gasteiger partial charge on any atom is -0.477 e. The molecule has 0 radical (unpaired) electrons. The number of aliphatic carboxylic acids is 2. The number of alkyl halides is 1. The van der Waals surface area contributed by atoms with Gasteiger partial charge in [-0.05, 0) is 17.2 Å². The molecule has 1 rings (SSSR count). The number of carboxylic acid groups (broad SMARTS) is 2. The lowest BCUT2D eigenvalue weighted by molar-refractivity contribution is -0.139. The Morgan fingerprint density at radius 1 is 1.19 bits per heavy atom. The second-order valence-electron chi connectivity index (χ2n) is 3.00. The second-order valence-corrected chi connectivity index (χ2v) is 3.56. The molecule has 2 N–H and O–H groups in total. The molecule has 0 amide bonds. The maximum Gasteiger partial charge on any atom is 0.343 e. The van der Waals surface area contributed by atoms with Crippen LogP contribution in [0.5, 0.6) is 0 Å². The van der Waals surface area contributed by atoms with Crippen LogP contribution in [0.1, 0.15) is 11.1 Å². The molecule has 0 aliphatic heterocycles. The van der Waals surface area contributed by atoms with Crippen LogP contribution in [0.25, 0.3) is 6.08 Å². The van der Waals surface area contributed by atoms with E-state index >= 15 is 0 Å². The molecule has 0 heterocycles. The fourth-order valence-corrected chi connectivity index (χ4v) is 1.68. The molecule has 0 aromatic heterocycles. The fraction of sp³-hybridized carbons (Fsp3) is 0.0909. The highest BCUT2D eigenvalue weighted by Gasteiger charge is 2.16. The van der Waals surface area contributed by atoms with Crippen molar-refractivity contribution in [2.75, 3.05) is 0 Å². The summed E-state index contributed by atoms with van der Waals surface area (Å²) >= 11 is 3.25. The first-order valence-corrected chi connectivity index (χ1v) is 5.50. The van der Waals surface area contributed by atoms with Crippen molar-refractivity contribution in [3.05, 3.63) is 41.0 Å². The molecule has 16 heavy (non-hydrogen) atoms. The van der Waals surface area contributed by atoms with E-state index in [1.807, 2.05) is 0 Å². The van der Waals surface area contributed by atoms with Crippen LogP contribution >= 0.6 is 15.9 Å². The Kier molecular flexibility index (Phi) is 4.25. The van der Waals surface area contributed by atoms with E-state index in [1.54, 1.807) is 24.3 Å². The SMILES string of the molecule is O=C(O)C(=Cc1ccccc1CBr)C(=O)O. The van der Waals surface area contributed by atoms with E-state index in [0.717, 1.165) is 11.6 Å². The minimum atomic E-state index is -1.45. The maximum absolute atomic E-state index is 10.7. The lowest BCUT2D eigenvalue weighted by atomic mass is 10.1. The van der Waals surface area contributed by atoms with E-state index in [2.05, 4.69) is 15.9 Å². The predicted molar refractivity (Wildman–Crippen MR) is 62.3 cm³/mol. The first kappa shape index (κ1) is 12.4. The number of hydrogen-bond donors (Lipinski definition) is 2. The van der Waals surface area contributed by atoms with Crippen LogP contribution in [0.2, 0.25) is 0 Å². The zero-order valence-corrected chi connectivity index (χ0v) is 9.77. The van der Waals surface area contributed by atoms with Gasteiger partial charge >= 0.3 is 11.9 Å². The maximum atomic E-state index is 10.7. The van der Waals surface area contributed by atoms with Crippen LogP contribution in [0, 0.1) is 0 Å². The highest BCUT2D eigenvalue weighted by atomic mass is 79.9. The van der Waals surface area contributed by atoms with Crippen molar-refractivity contribution in [2.24, 2.45) is 0 Å². The first-order chi connectivity index (χ1) is 7.56. The molecule has 1 aromatic carbocycles. The highest BCUT2D eigenvalue weighted by Crippen LogP contribution is 2.16. The van der Waals surface area contributed by atoms with Gasteiger partial charge in [-0.1, -0.05) is 40.2 Å². The highest BCUT2D eigenvalue weighted by molar-refractivity contribution is 9.08. The van der Waals surface area contributed by atoms with Gasteiger partial charge in [0.05, 0.1) is 0 Å². The van der Waals surface area contributed by atoms with E-state index < -0.39 is 17.5 Å². The molecule has 0 aliphatic rings. The van der Waals surface area contributed by atoms with Gasteiger partial charge in [0.2, 0.25) is 0 Å². The lowest BCUT2D eigenvalue weighted by Gasteiger charge is -2.02. The summed E-state index contributed by atoms with van der Waals surface area (Å²) in [5.74, 6) is -2.89. The predicted octanol–water partition coefficient (Wildman–Crippen LogP) is 2.13. The van der Waals surface area contributed by atoms with Crippen molar-refractivity contribution in [3.8, 4) is 0 Å². The smallest absolute Gasteiger partial charge is 0.343 e. The van der Waals surface area contributed by atoms with Gasteiger partial charge in [-0.3, -0.25) is 0 Å². The summed E-state index contributed by atoms with van der Waals surface area (Å²) in [7, 11) is 0. The van der Waals surface area contributed by atoms with Crippen LogP contribution in [-0.2, 0) is 14.9 Å². The Labute approximate surface area is 100 Å². The lowest BCUT2D eigenvalue weighted by Crippen LogP contribution is -2.11. The van der Waals surface area contributed by atoms with Crippen LogP contribution in [-0.4, -0.2) is 22.2 Å². The average Bonchev–Trinajstić information content (AvgIpc) is 2.25. The fourth-order valence-electron chi connectivity index (χ4n) is 1.17. The zero-order valence-electron chi connectivity index (χ0n) is 8.18. The van der Waals surface area contributed by atoms with Gasteiger partial charge < -0.3 is 10.2 Å². The van der Waals surface area contributed by atoms with Crippen molar-refractivity contribution < 1.29 is 19.8 Å². The quantitative estimate of drug-likeness (QED) is 0.384. The number of benzene rings is 1. The van der Waals surface area contributed by atoms with Gasteiger partial charge in [0.1, 0.15) is 5.57 Å². The first-order valence-electron chi connectivity index (χ1n) is 4.38. The second kappa shape index (κ2) is 5.46. The van der Waals surface area contributed by atoms with Crippen molar-refractivity contribution in [3.63, 3.8) is 0 Å². The standard InChI is InChI=1S/C11H9BrO4/c12-6-8-4-2-1-3-7(8)5-9(10(13)14)11(15)16/h1-5H,6H2,(H,13,14)(H,15,16). The van der Waals surface area contributed by atoms with Crippen LogP contribution in [0.3, 0.4) is 0 Å². The molecular formula is C11H9BrO4. The number of rotatable bonds is 4. The van der Waals surface area contributed by atoms with Gasteiger partial charge in [-0.25, -0.2) is 9.59 Å². The average molecular weight is 285 g/mol. The summed E-state index contributed by atoms with van der Waals surface area (Å²) in [6.07, 6.45) is 1.15. The monoisotopic (exact) mass is 284 g/mol. The number of halogens is 1. The van der Waals surface area contributed by atoms with Crippen LogP contribution < -0.4 is 0 Å². The molecule has 0 aliphatic carbocycles. The molecular weight excluding hydrogens is 276 g/mol. The number of carboxylic acids is 2. The summed E-state index contributed by atoms with van der Waals surface area (Å²) in [4.78, 5) is 21.4. The molecule has 5 heteroatoms. The van der Waals surface area contributed by atoms with Crippen molar-refractivity contribution >= 4 is 33.9 Å². The topological polar surface area (TPSA) is 74.6 Å². The van der Waals surface area contributed by atoms with Crippen molar-refractivity contribution in [1.29, 1.82) is 0 Å². The minimum absolute atomic E-state index is 0.534. The van der Waals surface area contributed by atoms with E-state index in [0.29, 0.717) is 10.9 Å². The van der Waals surface area contributed by atoms with Crippen molar-refractivity contribution in [1.82, 2.24) is 0 Å². The molecule has 0 spiro atoms. The van der Waals surface area contributed by atoms with Gasteiger partial charge in [0.25, 0.3) is 0 Å². The van der Waals surface area contributed by atoms with Gasteiger partial charge in [0.15, 0.2) is 0 Å². The molecule has 1 aromatic rings. The molecule has 0 bridgehead atoms. The van der Waals surface area contributed by atoms with Crippen LogP contribution in [0.15, 0.2) is 29.8 Å². The van der Waals surface area contributed by atoms with Crippen LogP contribution in [0.4, 0.5) is 0 Å². The Hall–Kier alpha value is -1.62. The Morgan fingerprint density at radius 3 is 2.25 bits per heavy atom. The number of hydrogen-bond acceptors (Lipinski definition) is 2. The van der Waals surface area contributed by atoms with Gasteiger partial charge in [-0.2, -0.15) is 0 Å². The van der Waals surface area contributed by atoms with E-state index in [-0.39, 0.29) is 0 Å². The third kappa shape index (κ3) is 2.93. The molecule has 4 nitrogen and oxygen atoms in total. The summed E-state index contributed by atoms with van der Waals surface area (Å²) < 4.78 is 0. The number of carbonyl (C=O) groups is 2. The summed E-state index contributed by atoms with van der Waals surface area (Å²) in [5.41, 5.74) is 0.773. The Bertz CT molecular complexity index is 435. The van der Waals surface area contributed by atoms with Gasteiger partial charge in [0, 0.05) is 5.33 Å². The Balaban J connectivity index is 3.23. The molecule has 84 valence electrons. The summed E-state index contributed by atoms with van der Waals surface area (Å²) in [6, 6.07) is 6.98. The van der Waals surface area contributed by atoms with E-state index in [9.17, 15) is 9.59 Å². The van der Waals surface area contributed by atoms with E-state index in [1.165, 1.54) is 0 Å². The third-order valence-electron chi connectivity index (χ3n) is 1.96.